The molecule has 0 radical (unpaired) electrons. The lowest BCUT2D eigenvalue weighted by molar-refractivity contribution is -0.138. The van der Waals surface area contributed by atoms with E-state index in [0.717, 1.165) is 6.07 Å². The van der Waals surface area contributed by atoms with Crippen LogP contribution in [0.2, 0.25) is 0 Å². The second-order valence-corrected chi connectivity index (χ2v) is 5.97. The van der Waals surface area contributed by atoms with E-state index in [0.29, 0.717) is 23.9 Å². The largest absolute Gasteiger partial charge is 0.486 e. The molecule has 2 aromatic heterocycles. The topological polar surface area (TPSA) is 69.2 Å². The van der Waals surface area contributed by atoms with Gasteiger partial charge in [0.25, 0.3) is 0 Å². The third-order valence-electron chi connectivity index (χ3n) is 3.96. The molecule has 0 aliphatic rings. The van der Waals surface area contributed by atoms with Crippen LogP contribution in [0.1, 0.15) is 11.1 Å². The van der Waals surface area contributed by atoms with Crippen molar-refractivity contribution in [3.63, 3.8) is 0 Å². The fourth-order valence-corrected chi connectivity index (χ4v) is 2.59. The van der Waals surface area contributed by atoms with Crippen LogP contribution >= 0.6 is 0 Å². The molecule has 6 nitrogen and oxygen atoms in total. The number of ether oxygens (including phenoxy) is 2. The van der Waals surface area contributed by atoms with Gasteiger partial charge in [-0.1, -0.05) is 24.3 Å². The predicted molar refractivity (Wildman–Crippen MR) is 101 cm³/mol. The van der Waals surface area contributed by atoms with E-state index in [1.54, 1.807) is 30.5 Å². The first-order valence-corrected chi connectivity index (χ1v) is 8.78. The van der Waals surface area contributed by atoms with E-state index in [-0.39, 0.29) is 24.5 Å². The van der Waals surface area contributed by atoms with Gasteiger partial charge in [-0.2, -0.15) is 13.2 Å². The van der Waals surface area contributed by atoms with Crippen molar-refractivity contribution in [1.82, 2.24) is 15.0 Å². The highest BCUT2D eigenvalue weighted by Gasteiger charge is 2.32. The number of alkyl halides is 3. The van der Waals surface area contributed by atoms with Crippen molar-refractivity contribution in [2.45, 2.75) is 12.7 Å². The Morgan fingerprint density at radius 1 is 1.00 bits per heavy atom. The fraction of sp³-hybridized carbons (Fsp3) is 0.250. The van der Waals surface area contributed by atoms with E-state index in [2.05, 4.69) is 20.3 Å². The lowest BCUT2D eigenvalue weighted by Crippen LogP contribution is -2.13. The van der Waals surface area contributed by atoms with Gasteiger partial charge in [0.1, 0.15) is 12.3 Å². The van der Waals surface area contributed by atoms with Gasteiger partial charge >= 0.3 is 6.18 Å². The van der Waals surface area contributed by atoms with E-state index in [1.807, 2.05) is 0 Å². The Labute approximate surface area is 165 Å². The summed E-state index contributed by atoms with van der Waals surface area (Å²) < 4.78 is 50.3. The minimum atomic E-state index is -4.44. The van der Waals surface area contributed by atoms with Crippen molar-refractivity contribution in [3.05, 3.63) is 66.0 Å². The predicted octanol–water partition coefficient (Wildman–Crippen LogP) is 4.19. The van der Waals surface area contributed by atoms with Gasteiger partial charge in [0, 0.05) is 19.9 Å². The summed E-state index contributed by atoms with van der Waals surface area (Å²) in [6, 6.07) is 10.7. The summed E-state index contributed by atoms with van der Waals surface area (Å²) in [7, 11) is 1.54. The Bertz CT molecular complexity index is 937. The lowest BCUT2D eigenvalue weighted by atomic mass is 10.1. The monoisotopic (exact) mass is 404 g/mol. The first kappa shape index (κ1) is 20.5. The molecule has 0 atom stereocenters. The maximum Gasteiger partial charge on any atom is 0.416 e. The van der Waals surface area contributed by atoms with Crippen LogP contribution in [0.4, 0.5) is 19.0 Å². The normalized spacial score (nSPS) is 11.3. The van der Waals surface area contributed by atoms with Gasteiger partial charge in [0.05, 0.1) is 18.4 Å². The Morgan fingerprint density at radius 3 is 2.52 bits per heavy atom. The van der Waals surface area contributed by atoms with Gasteiger partial charge in [0.15, 0.2) is 17.4 Å². The molecule has 3 aromatic rings. The number of nitrogens with zero attached hydrogens (tertiary/aromatic N) is 3. The van der Waals surface area contributed by atoms with Gasteiger partial charge in [-0.25, -0.2) is 9.97 Å². The first-order chi connectivity index (χ1) is 14.0. The lowest BCUT2D eigenvalue weighted by Gasteiger charge is -2.16. The molecular formula is C20H19F3N4O2. The van der Waals surface area contributed by atoms with Crippen molar-refractivity contribution < 1.29 is 22.6 Å². The Balaban J connectivity index is 1.88. The number of methoxy groups -OCH3 is 1. The zero-order chi connectivity index (χ0) is 20.7. The van der Waals surface area contributed by atoms with Gasteiger partial charge < -0.3 is 14.8 Å². The zero-order valence-electron chi connectivity index (χ0n) is 15.6. The highest BCUT2D eigenvalue weighted by atomic mass is 19.4. The smallest absolute Gasteiger partial charge is 0.416 e. The Kier molecular flexibility index (Phi) is 6.61. The summed E-state index contributed by atoms with van der Waals surface area (Å²) in [4.78, 5) is 12.8. The van der Waals surface area contributed by atoms with Gasteiger partial charge in [0.2, 0.25) is 0 Å². The molecule has 3 rings (SSSR count). The van der Waals surface area contributed by atoms with Crippen molar-refractivity contribution in [2.24, 2.45) is 0 Å². The minimum absolute atomic E-state index is 0.0883. The average molecular weight is 404 g/mol. The average Bonchev–Trinajstić information content (AvgIpc) is 2.73. The molecular weight excluding hydrogens is 385 g/mol. The van der Waals surface area contributed by atoms with E-state index in [1.165, 1.54) is 25.4 Å². The van der Waals surface area contributed by atoms with Gasteiger partial charge in [-0.15, -0.1) is 0 Å². The molecule has 0 aliphatic carbocycles. The Morgan fingerprint density at radius 2 is 1.79 bits per heavy atom. The fourth-order valence-electron chi connectivity index (χ4n) is 2.59. The third kappa shape index (κ3) is 5.41. The number of pyridine rings is 1. The van der Waals surface area contributed by atoms with E-state index in [4.69, 9.17) is 9.47 Å². The third-order valence-corrected chi connectivity index (χ3v) is 3.96. The molecule has 2 heterocycles. The summed E-state index contributed by atoms with van der Waals surface area (Å²) in [5, 5.41) is 2.93. The van der Waals surface area contributed by atoms with Crippen LogP contribution in [0.3, 0.4) is 0 Å². The number of nitrogens with one attached hydrogen (secondary N) is 1. The number of rotatable bonds is 8. The molecule has 29 heavy (non-hydrogen) atoms. The SMILES string of the molecule is COCCOc1cnc(-c2ccccn2)nc1NCc1ccccc1C(F)(F)F. The number of aromatic nitrogens is 3. The number of halogens is 3. The number of hydrogen-bond acceptors (Lipinski definition) is 6. The molecule has 0 bridgehead atoms. The van der Waals surface area contributed by atoms with Crippen LogP contribution < -0.4 is 10.1 Å². The molecule has 0 spiro atoms. The second kappa shape index (κ2) is 9.33. The molecule has 0 fully saturated rings. The van der Waals surface area contributed by atoms with E-state index < -0.39 is 11.7 Å². The van der Waals surface area contributed by atoms with E-state index in [9.17, 15) is 13.2 Å². The summed E-state index contributed by atoms with van der Waals surface area (Å²) in [6.07, 6.45) is -1.38. The van der Waals surface area contributed by atoms with Crippen LogP contribution in [-0.4, -0.2) is 35.3 Å². The van der Waals surface area contributed by atoms with Gasteiger partial charge in [-0.3, -0.25) is 4.98 Å². The van der Waals surface area contributed by atoms with Crippen molar-refractivity contribution in [3.8, 4) is 17.3 Å². The van der Waals surface area contributed by atoms with Crippen molar-refractivity contribution >= 4 is 5.82 Å². The highest BCUT2D eigenvalue weighted by Crippen LogP contribution is 2.32. The maximum atomic E-state index is 13.2. The maximum absolute atomic E-state index is 13.2. The molecule has 0 saturated heterocycles. The number of anilines is 1. The molecule has 0 aliphatic heterocycles. The first-order valence-electron chi connectivity index (χ1n) is 8.78. The van der Waals surface area contributed by atoms with E-state index >= 15 is 0 Å². The minimum Gasteiger partial charge on any atom is -0.486 e. The van der Waals surface area contributed by atoms with Gasteiger partial charge in [-0.05, 0) is 23.8 Å². The van der Waals surface area contributed by atoms with Crippen molar-refractivity contribution in [1.29, 1.82) is 0 Å². The number of hydrogen-bond donors (Lipinski definition) is 1. The summed E-state index contributed by atoms with van der Waals surface area (Å²) in [5.41, 5.74) is -0.0659. The van der Waals surface area contributed by atoms with Crippen LogP contribution in [0.15, 0.2) is 54.9 Å². The van der Waals surface area contributed by atoms with Crippen LogP contribution in [-0.2, 0) is 17.5 Å². The standard InChI is InChI=1S/C20H19F3N4O2/c1-28-10-11-29-17-13-26-18(16-8-4-5-9-24-16)27-19(17)25-12-14-6-2-3-7-15(14)20(21,22)23/h2-9,13H,10-12H2,1H3,(H,25,26,27). The Hall–Kier alpha value is -3.20. The molecule has 0 amide bonds. The molecule has 152 valence electrons. The quantitative estimate of drug-likeness (QED) is 0.568. The molecule has 1 N–H and O–H groups in total. The molecule has 9 heteroatoms. The molecule has 0 unspecified atom stereocenters. The van der Waals surface area contributed by atoms with Crippen LogP contribution in [0, 0.1) is 0 Å². The summed E-state index contributed by atoms with van der Waals surface area (Å²) in [5.74, 6) is 0.913. The van der Waals surface area contributed by atoms with Crippen LogP contribution in [0.25, 0.3) is 11.5 Å². The number of benzene rings is 1. The molecule has 1 aromatic carbocycles. The zero-order valence-corrected chi connectivity index (χ0v) is 15.6. The van der Waals surface area contributed by atoms with Crippen molar-refractivity contribution in [2.75, 3.05) is 25.6 Å². The molecule has 0 saturated carbocycles. The summed E-state index contributed by atoms with van der Waals surface area (Å²) >= 11 is 0. The summed E-state index contributed by atoms with van der Waals surface area (Å²) in [6.45, 7) is 0.504. The highest BCUT2D eigenvalue weighted by molar-refractivity contribution is 5.57. The second-order valence-electron chi connectivity index (χ2n) is 5.97. The van der Waals surface area contributed by atoms with Crippen LogP contribution in [0.5, 0.6) is 5.75 Å².